The fraction of sp³-hybridized carbons (Fsp3) is 0.429. The normalized spacial score (nSPS) is 22.9. The number of aromatic nitrogens is 1. The quantitative estimate of drug-likeness (QED) is 0.636. The van der Waals surface area contributed by atoms with Crippen LogP contribution < -0.4 is 10.5 Å². The van der Waals surface area contributed by atoms with Crippen LogP contribution in [0.2, 0.25) is 0 Å². The van der Waals surface area contributed by atoms with Gasteiger partial charge in [-0.25, -0.2) is 13.1 Å². The van der Waals surface area contributed by atoms with Gasteiger partial charge in [-0.1, -0.05) is 6.42 Å². The van der Waals surface area contributed by atoms with E-state index in [1.165, 1.54) is 6.20 Å². The van der Waals surface area contributed by atoms with Crippen LogP contribution in [-0.2, 0) is 10.0 Å². The van der Waals surface area contributed by atoms with Crippen molar-refractivity contribution in [2.45, 2.75) is 30.2 Å². The zero-order valence-corrected chi connectivity index (χ0v) is 12.4. The average Bonchev–Trinajstić information content (AvgIpc) is 3.04. The molecule has 6 nitrogen and oxygen atoms in total. The van der Waals surface area contributed by atoms with Crippen LogP contribution in [0.5, 0.6) is 0 Å². The number of aromatic amines is 1. The highest BCUT2D eigenvalue weighted by atomic mass is 32.2. The molecular formula is C14H19N3O3S. The zero-order chi connectivity index (χ0) is 15.0. The van der Waals surface area contributed by atoms with E-state index in [1.807, 2.05) is 0 Å². The molecule has 1 aliphatic rings. The van der Waals surface area contributed by atoms with Gasteiger partial charge in [-0.3, -0.25) is 0 Å². The Morgan fingerprint density at radius 3 is 2.95 bits per heavy atom. The second-order valence-corrected chi connectivity index (χ2v) is 7.24. The first-order valence-electron chi connectivity index (χ1n) is 7.01. The highest BCUT2D eigenvalue weighted by Crippen LogP contribution is 2.29. The summed E-state index contributed by atoms with van der Waals surface area (Å²) in [6.07, 6.45) is 4.03. The summed E-state index contributed by atoms with van der Waals surface area (Å²) in [5, 5.41) is 9.93. The van der Waals surface area contributed by atoms with Gasteiger partial charge in [0.2, 0.25) is 10.0 Å². The number of benzene rings is 1. The molecule has 5 N–H and O–H groups in total. The van der Waals surface area contributed by atoms with Crippen LogP contribution in [0.1, 0.15) is 19.3 Å². The Kier molecular flexibility index (Phi) is 3.64. The van der Waals surface area contributed by atoms with E-state index in [2.05, 4.69) is 9.71 Å². The molecule has 7 heteroatoms. The summed E-state index contributed by atoms with van der Waals surface area (Å²) in [6.45, 7) is 0.0115. The highest BCUT2D eigenvalue weighted by molar-refractivity contribution is 7.89. The van der Waals surface area contributed by atoms with Crippen molar-refractivity contribution in [1.82, 2.24) is 9.71 Å². The van der Waals surface area contributed by atoms with E-state index in [1.54, 1.807) is 18.2 Å². The van der Waals surface area contributed by atoms with Crippen molar-refractivity contribution in [1.29, 1.82) is 0 Å². The summed E-state index contributed by atoms with van der Waals surface area (Å²) < 4.78 is 27.9. The Hall–Kier alpha value is -1.57. The number of H-pyrrole nitrogens is 1. The number of fused-ring (bicyclic) bond motifs is 1. The first-order valence-corrected chi connectivity index (χ1v) is 8.49. The Balaban J connectivity index is 1.93. The van der Waals surface area contributed by atoms with Crippen molar-refractivity contribution in [3.63, 3.8) is 0 Å². The third kappa shape index (κ3) is 2.64. The number of sulfonamides is 1. The smallest absolute Gasteiger partial charge is 0.242 e. The molecule has 2 atom stereocenters. The van der Waals surface area contributed by atoms with E-state index in [0.717, 1.165) is 19.3 Å². The number of nitrogens with one attached hydrogen (secondary N) is 2. The van der Waals surface area contributed by atoms with Crippen molar-refractivity contribution in [2.75, 3.05) is 12.3 Å². The fourth-order valence-corrected chi connectivity index (χ4v) is 4.53. The van der Waals surface area contributed by atoms with Gasteiger partial charge in [-0.2, -0.15) is 0 Å². The van der Waals surface area contributed by atoms with Gasteiger partial charge >= 0.3 is 0 Å². The summed E-state index contributed by atoms with van der Waals surface area (Å²) in [6, 6.07) is 4.90. The molecule has 1 aromatic carbocycles. The second kappa shape index (κ2) is 5.32. The molecule has 2 unspecified atom stereocenters. The number of aliphatic hydroxyl groups excluding tert-OH is 1. The molecule has 0 amide bonds. The van der Waals surface area contributed by atoms with Crippen LogP contribution in [0.25, 0.3) is 10.9 Å². The number of nitrogen functional groups attached to an aromatic ring is 1. The third-order valence-corrected chi connectivity index (χ3v) is 5.69. The monoisotopic (exact) mass is 309 g/mol. The topological polar surface area (TPSA) is 108 Å². The molecule has 1 aliphatic carbocycles. The molecule has 1 saturated carbocycles. The summed E-state index contributed by atoms with van der Waals surface area (Å²) in [7, 11) is -3.62. The number of hydrogen-bond acceptors (Lipinski definition) is 4. The van der Waals surface area contributed by atoms with Crippen molar-refractivity contribution in [3.8, 4) is 0 Å². The van der Waals surface area contributed by atoms with Crippen LogP contribution in [0.3, 0.4) is 0 Å². The minimum Gasteiger partial charge on any atom is -0.399 e. The predicted molar refractivity (Wildman–Crippen MR) is 81.2 cm³/mol. The zero-order valence-electron chi connectivity index (χ0n) is 11.5. The Labute approximate surface area is 123 Å². The van der Waals surface area contributed by atoms with Crippen molar-refractivity contribution in [2.24, 2.45) is 5.92 Å². The molecule has 1 heterocycles. The predicted octanol–water partition coefficient (Wildman–Crippen LogP) is 1.19. The van der Waals surface area contributed by atoms with Gasteiger partial charge in [-0.15, -0.1) is 0 Å². The van der Waals surface area contributed by atoms with E-state index in [-0.39, 0.29) is 23.5 Å². The lowest BCUT2D eigenvalue weighted by Gasteiger charge is -2.18. The standard InChI is InChI=1S/C14H19N3O3S/c15-10-4-5-11-13(6-10)16-7-14(11)21(19,20)17-12-3-1-2-9(12)8-18/h4-7,9,12,16-18H,1-3,8,15H2. The van der Waals surface area contributed by atoms with Crippen molar-refractivity contribution >= 4 is 26.6 Å². The number of aliphatic hydroxyl groups is 1. The lowest BCUT2D eigenvalue weighted by Crippen LogP contribution is -2.38. The maximum absolute atomic E-state index is 12.6. The molecule has 0 bridgehead atoms. The molecule has 1 aromatic heterocycles. The Morgan fingerprint density at radius 2 is 2.19 bits per heavy atom. The minimum absolute atomic E-state index is 0.000579. The molecule has 0 saturated heterocycles. The summed E-state index contributed by atoms with van der Waals surface area (Å²) >= 11 is 0. The van der Waals surface area contributed by atoms with Crippen LogP contribution in [0, 0.1) is 5.92 Å². The maximum Gasteiger partial charge on any atom is 0.242 e. The van der Waals surface area contributed by atoms with Crippen LogP contribution >= 0.6 is 0 Å². The number of rotatable bonds is 4. The van der Waals surface area contributed by atoms with E-state index < -0.39 is 10.0 Å². The number of anilines is 1. The molecule has 0 radical (unpaired) electrons. The first-order chi connectivity index (χ1) is 10.0. The third-order valence-electron chi connectivity index (χ3n) is 4.16. The number of hydrogen-bond donors (Lipinski definition) is 4. The van der Waals surface area contributed by atoms with Gasteiger partial charge in [0.25, 0.3) is 0 Å². The lowest BCUT2D eigenvalue weighted by molar-refractivity contribution is 0.213. The average molecular weight is 309 g/mol. The molecular weight excluding hydrogens is 290 g/mol. The Morgan fingerprint density at radius 1 is 1.38 bits per heavy atom. The van der Waals surface area contributed by atoms with Crippen LogP contribution in [-0.4, -0.2) is 31.2 Å². The van der Waals surface area contributed by atoms with Crippen LogP contribution in [0.15, 0.2) is 29.3 Å². The van der Waals surface area contributed by atoms with Gasteiger partial charge < -0.3 is 15.8 Å². The van der Waals surface area contributed by atoms with Crippen molar-refractivity contribution in [3.05, 3.63) is 24.4 Å². The van der Waals surface area contributed by atoms with Crippen molar-refractivity contribution < 1.29 is 13.5 Å². The molecule has 1 fully saturated rings. The second-order valence-electron chi connectivity index (χ2n) is 5.56. The molecule has 2 aromatic rings. The number of nitrogens with two attached hydrogens (primary N) is 1. The molecule has 0 spiro atoms. The van der Waals surface area contributed by atoms with Crippen LogP contribution in [0.4, 0.5) is 5.69 Å². The first kappa shape index (κ1) is 14.4. The maximum atomic E-state index is 12.6. The molecule has 21 heavy (non-hydrogen) atoms. The minimum atomic E-state index is -3.62. The van der Waals surface area contributed by atoms with E-state index >= 15 is 0 Å². The summed E-state index contributed by atoms with van der Waals surface area (Å²) in [4.78, 5) is 3.16. The lowest BCUT2D eigenvalue weighted by atomic mass is 10.1. The SMILES string of the molecule is Nc1ccc2c(S(=O)(=O)NC3CCCC3CO)c[nH]c2c1. The van der Waals surface area contributed by atoms with E-state index in [0.29, 0.717) is 16.6 Å². The van der Waals surface area contributed by atoms with E-state index in [9.17, 15) is 13.5 Å². The largest absolute Gasteiger partial charge is 0.399 e. The highest BCUT2D eigenvalue weighted by Gasteiger charge is 2.31. The van der Waals surface area contributed by atoms with Gasteiger partial charge in [-0.05, 0) is 37.0 Å². The van der Waals surface area contributed by atoms with E-state index in [4.69, 9.17) is 5.73 Å². The fourth-order valence-electron chi connectivity index (χ4n) is 3.01. The van der Waals surface area contributed by atoms with Gasteiger partial charge in [0.05, 0.1) is 0 Å². The van der Waals surface area contributed by atoms with Gasteiger partial charge in [0.15, 0.2) is 0 Å². The summed E-state index contributed by atoms with van der Waals surface area (Å²) in [5.74, 6) is 0.000579. The van der Waals surface area contributed by atoms with Gasteiger partial charge in [0.1, 0.15) is 4.90 Å². The molecule has 0 aliphatic heterocycles. The van der Waals surface area contributed by atoms with Gasteiger partial charge in [0, 0.05) is 35.4 Å². The molecule has 3 rings (SSSR count). The molecule has 114 valence electrons. The Bertz CT molecular complexity index is 754. The summed E-state index contributed by atoms with van der Waals surface area (Å²) in [5.41, 5.74) is 6.97.